The van der Waals surface area contributed by atoms with Gasteiger partial charge in [-0.25, -0.2) is 4.98 Å². The molecule has 126 valence electrons. The molecule has 0 radical (unpaired) electrons. The second-order valence-electron chi connectivity index (χ2n) is 5.88. The molecular formula is C17H24ClN3OS. The molecule has 2 heterocycles. The van der Waals surface area contributed by atoms with Gasteiger partial charge in [0.25, 0.3) is 0 Å². The first-order valence-corrected chi connectivity index (χ1v) is 8.65. The van der Waals surface area contributed by atoms with Crippen molar-refractivity contribution in [1.29, 1.82) is 0 Å². The summed E-state index contributed by atoms with van der Waals surface area (Å²) in [6, 6.07) is 9.01. The van der Waals surface area contributed by atoms with Crippen LogP contribution in [0.2, 0.25) is 0 Å². The molecule has 23 heavy (non-hydrogen) atoms. The summed E-state index contributed by atoms with van der Waals surface area (Å²) >= 11 is 1.66. The highest BCUT2D eigenvalue weighted by Crippen LogP contribution is 2.17. The van der Waals surface area contributed by atoms with Gasteiger partial charge in [-0.3, -0.25) is 4.90 Å². The van der Waals surface area contributed by atoms with E-state index in [1.54, 1.807) is 11.3 Å². The molecular weight excluding hydrogens is 330 g/mol. The average molecular weight is 354 g/mol. The first-order valence-electron chi connectivity index (χ1n) is 7.77. The van der Waals surface area contributed by atoms with Gasteiger partial charge in [-0.1, -0.05) is 12.1 Å². The lowest BCUT2D eigenvalue weighted by molar-refractivity contribution is 0.199. The van der Waals surface area contributed by atoms with Crippen LogP contribution >= 0.6 is 23.7 Å². The van der Waals surface area contributed by atoms with E-state index in [2.05, 4.69) is 51.8 Å². The number of hydrogen-bond donors (Lipinski definition) is 1. The highest BCUT2D eigenvalue weighted by atomic mass is 35.5. The Balaban J connectivity index is 0.00000192. The van der Waals surface area contributed by atoms with Gasteiger partial charge in [0.1, 0.15) is 12.4 Å². The summed E-state index contributed by atoms with van der Waals surface area (Å²) in [6.07, 6.45) is 0. The van der Waals surface area contributed by atoms with E-state index in [4.69, 9.17) is 4.74 Å². The Labute approximate surface area is 148 Å². The van der Waals surface area contributed by atoms with Crippen LogP contribution < -0.4 is 10.1 Å². The maximum absolute atomic E-state index is 5.79. The molecule has 0 aliphatic carbocycles. The third-order valence-electron chi connectivity index (χ3n) is 3.84. The molecule has 1 atom stereocenters. The second kappa shape index (κ2) is 8.64. The number of hydrogen-bond acceptors (Lipinski definition) is 5. The molecule has 1 aromatic carbocycles. The van der Waals surface area contributed by atoms with Crippen molar-refractivity contribution < 1.29 is 4.74 Å². The van der Waals surface area contributed by atoms with Crippen LogP contribution in [0.4, 0.5) is 0 Å². The molecule has 0 saturated carbocycles. The summed E-state index contributed by atoms with van der Waals surface area (Å²) in [7, 11) is 0. The number of benzene rings is 1. The molecule has 1 aliphatic rings. The van der Waals surface area contributed by atoms with E-state index in [0.717, 1.165) is 42.6 Å². The van der Waals surface area contributed by atoms with Gasteiger partial charge in [-0.2, -0.15) is 0 Å². The van der Waals surface area contributed by atoms with Gasteiger partial charge in [0.05, 0.1) is 10.7 Å². The summed E-state index contributed by atoms with van der Waals surface area (Å²) in [5.74, 6) is 0.906. The topological polar surface area (TPSA) is 37.4 Å². The van der Waals surface area contributed by atoms with Crippen molar-refractivity contribution in [3.63, 3.8) is 0 Å². The number of aryl methyl sites for hydroxylation is 1. The second-order valence-corrected chi connectivity index (χ2v) is 6.94. The number of nitrogens with zero attached hydrogens (tertiary/aromatic N) is 2. The number of piperazine rings is 1. The summed E-state index contributed by atoms with van der Waals surface area (Å²) < 4.78 is 5.79. The molecule has 1 aliphatic heterocycles. The van der Waals surface area contributed by atoms with Crippen LogP contribution in [-0.2, 0) is 13.2 Å². The molecule has 1 fully saturated rings. The normalized spacial score (nSPS) is 18.4. The van der Waals surface area contributed by atoms with Crippen LogP contribution in [0.5, 0.6) is 5.75 Å². The number of thiazole rings is 1. The molecule has 2 aromatic rings. The van der Waals surface area contributed by atoms with Crippen molar-refractivity contribution in [1.82, 2.24) is 15.2 Å². The zero-order valence-corrected chi connectivity index (χ0v) is 15.3. The van der Waals surface area contributed by atoms with Crippen LogP contribution in [0.15, 0.2) is 29.6 Å². The van der Waals surface area contributed by atoms with E-state index < -0.39 is 0 Å². The van der Waals surface area contributed by atoms with Crippen molar-refractivity contribution >= 4 is 23.7 Å². The summed E-state index contributed by atoms with van der Waals surface area (Å²) in [5, 5.41) is 6.61. The summed E-state index contributed by atoms with van der Waals surface area (Å²) in [4.78, 5) is 6.90. The Morgan fingerprint density at radius 3 is 2.78 bits per heavy atom. The lowest BCUT2D eigenvalue weighted by atomic mass is 10.1. The fourth-order valence-electron chi connectivity index (χ4n) is 2.74. The van der Waals surface area contributed by atoms with E-state index in [9.17, 15) is 0 Å². The Hall–Kier alpha value is -1.14. The van der Waals surface area contributed by atoms with Crippen LogP contribution in [-0.4, -0.2) is 35.6 Å². The molecule has 0 bridgehead atoms. The molecule has 0 spiro atoms. The SMILES string of the molecule is Cc1nc(COc2ccc(CN3CCNC(C)C3)cc2)cs1.Cl. The van der Waals surface area contributed by atoms with Gasteiger partial charge in [0.2, 0.25) is 0 Å². The van der Waals surface area contributed by atoms with E-state index in [0.29, 0.717) is 12.6 Å². The third-order valence-corrected chi connectivity index (χ3v) is 4.66. The fraction of sp³-hybridized carbons (Fsp3) is 0.471. The van der Waals surface area contributed by atoms with Gasteiger partial charge in [-0.05, 0) is 31.5 Å². The maximum Gasteiger partial charge on any atom is 0.131 e. The maximum atomic E-state index is 5.79. The van der Waals surface area contributed by atoms with E-state index >= 15 is 0 Å². The van der Waals surface area contributed by atoms with Gasteiger partial charge in [-0.15, -0.1) is 23.7 Å². The minimum Gasteiger partial charge on any atom is -0.487 e. The summed E-state index contributed by atoms with van der Waals surface area (Å²) in [5.41, 5.74) is 2.34. The van der Waals surface area contributed by atoms with Crippen LogP contribution in [0.25, 0.3) is 0 Å². The molecule has 1 N–H and O–H groups in total. The quantitative estimate of drug-likeness (QED) is 0.895. The van der Waals surface area contributed by atoms with E-state index in [1.807, 2.05) is 6.92 Å². The van der Waals surface area contributed by atoms with Crippen LogP contribution in [0, 0.1) is 6.92 Å². The van der Waals surface area contributed by atoms with Crippen molar-refractivity contribution in [3.8, 4) is 5.75 Å². The number of halogens is 1. The molecule has 1 saturated heterocycles. The summed E-state index contributed by atoms with van der Waals surface area (Å²) in [6.45, 7) is 9.11. The highest BCUT2D eigenvalue weighted by molar-refractivity contribution is 7.09. The zero-order chi connectivity index (χ0) is 15.4. The van der Waals surface area contributed by atoms with Crippen LogP contribution in [0.3, 0.4) is 0 Å². The van der Waals surface area contributed by atoms with Gasteiger partial charge < -0.3 is 10.1 Å². The molecule has 1 unspecified atom stereocenters. The Bertz CT molecular complexity index is 602. The minimum absolute atomic E-state index is 0. The molecule has 4 nitrogen and oxygen atoms in total. The monoisotopic (exact) mass is 353 g/mol. The largest absolute Gasteiger partial charge is 0.487 e. The van der Waals surface area contributed by atoms with Gasteiger partial charge >= 0.3 is 0 Å². The smallest absolute Gasteiger partial charge is 0.131 e. The standard InChI is InChI=1S/C17H23N3OS.ClH/c1-13-9-20(8-7-18-13)10-15-3-5-17(6-4-15)21-11-16-12-22-14(2)19-16;/h3-6,12-13,18H,7-11H2,1-2H3;1H. The first kappa shape index (κ1) is 18.2. The lowest BCUT2D eigenvalue weighted by Crippen LogP contribution is -2.48. The molecule has 3 rings (SSSR count). The van der Waals surface area contributed by atoms with E-state index in [-0.39, 0.29) is 12.4 Å². The number of aromatic nitrogens is 1. The van der Waals surface area contributed by atoms with Crippen molar-refractivity contribution in [2.75, 3.05) is 19.6 Å². The highest BCUT2D eigenvalue weighted by Gasteiger charge is 2.15. The Morgan fingerprint density at radius 1 is 1.35 bits per heavy atom. The predicted octanol–water partition coefficient (Wildman–Crippen LogP) is 3.25. The fourth-order valence-corrected chi connectivity index (χ4v) is 3.33. The average Bonchev–Trinajstić information content (AvgIpc) is 2.92. The van der Waals surface area contributed by atoms with Gasteiger partial charge in [0.15, 0.2) is 0 Å². The minimum atomic E-state index is 0. The zero-order valence-electron chi connectivity index (χ0n) is 13.6. The van der Waals surface area contributed by atoms with Gasteiger partial charge in [0, 0.05) is 37.6 Å². The van der Waals surface area contributed by atoms with E-state index in [1.165, 1.54) is 5.56 Å². The predicted molar refractivity (Wildman–Crippen MR) is 97.6 cm³/mol. The number of ether oxygens (including phenoxy) is 1. The van der Waals surface area contributed by atoms with Crippen molar-refractivity contribution in [3.05, 3.63) is 45.9 Å². The Morgan fingerprint density at radius 2 is 2.13 bits per heavy atom. The molecule has 0 amide bonds. The molecule has 1 aromatic heterocycles. The van der Waals surface area contributed by atoms with Crippen molar-refractivity contribution in [2.45, 2.75) is 33.0 Å². The van der Waals surface area contributed by atoms with Crippen molar-refractivity contribution in [2.24, 2.45) is 0 Å². The molecule has 6 heteroatoms. The number of nitrogens with one attached hydrogen (secondary N) is 1. The Kier molecular flexibility index (Phi) is 6.84. The first-order chi connectivity index (χ1) is 10.7. The van der Waals surface area contributed by atoms with Crippen LogP contribution in [0.1, 0.15) is 23.2 Å². The third kappa shape index (κ3) is 5.46. The lowest BCUT2D eigenvalue weighted by Gasteiger charge is -2.31. The number of rotatable bonds is 5.